The van der Waals surface area contributed by atoms with Crippen molar-refractivity contribution in [3.05, 3.63) is 24.0 Å². The van der Waals surface area contributed by atoms with Crippen LogP contribution in [0, 0.1) is 12.8 Å². The van der Waals surface area contributed by atoms with Gasteiger partial charge in [0, 0.05) is 12.7 Å². The maximum absolute atomic E-state index is 4.28. The van der Waals surface area contributed by atoms with E-state index in [9.17, 15) is 0 Å². The molecule has 0 aliphatic carbocycles. The minimum atomic E-state index is 0.816. The topological polar surface area (TPSA) is 28.2 Å². The Bertz CT molecular complexity index is 330. The molecule has 0 aromatic carbocycles. The molecule has 1 fully saturated rings. The van der Waals surface area contributed by atoms with E-state index in [0.29, 0.717) is 0 Å². The molecule has 16 heavy (non-hydrogen) atoms. The van der Waals surface area contributed by atoms with E-state index in [1.54, 1.807) is 0 Å². The lowest BCUT2D eigenvalue weighted by molar-refractivity contribution is 0.226. The van der Waals surface area contributed by atoms with Gasteiger partial charge in [0.15, 0.2) is 0 Å². The number of nitrogens with zero attached hydrogens (tertiary/aromatic N) is 2. The van der Waals surface area contributed by atoms with E-state index in [0.717, 1.165) is 18.2 Å². The summed E-state index contributed by atoms with van der Waals surface area (Å²) in [5, 5.41) is 3.52. The Morgan fingerprint density at radius 3 is 2.88 bits per heavy atom. The van der Waals surface area contributed by atoms with Crippen molar-refractivity contribution in [2.75, 3.05) is 32.0 Å². The standard InChI is InChI=1S/C13H21N3/c1-11-13(4-3-7-14-11)15-10-12-5-8-16(2)9-6-12/h3-4,7,12,15H,5-6,8-10H2,1-2H3. The van der Waals surface area contributed by atoms with Crippen molar-refractivity contribution in [2.24, 2.45) is 5.92 Å². The van der Waals surface area contributed by atoms with E-state index in [-0.39, 0.29) is 0 Å². The number of likely N-dealkylation sites (tertiary alicyclic amines) is 1. The molecule has 0 unspecified atom stereocenters. The Hall–Kier alpha value is -1.09. The first-order chi connectivity index (χ1) is 7.75. The molecule has 0 saturated carbocycles. The van der Waals surface area contributed by atoms with Crippen LogP contribution in [0.5, 0.6) is 0 Å². The van der Waals surface area contributed by atoms with Gasteiger partial charge in [-0.25, -0.2) is 0 Å². The van der Waals surface area contributed by atoms with Gasteiger partial charge in [0.2, 0.25) is 0 Å². The Morgan fingerprint density at radius 2 is 2.19 bits per heavy atom. The Balaban J connectivity index is 1.81. The number of anilines is 1. The third-order valence-electron chi connectivity index (χ3n) is 3.43. The van der Waals surface area contributed by atoms with Crippen molar-refractivity contribution in [3.63, 3.8) is 0 Å². The fraction of sp³-hybridized carbons (Fsp3) is 0.615. The SMILES string of the molecule is Cc1ncccc1NCC1CCN(C)CC1. The van der Waals surface area contributed by atoms with E-state index in [4.69, 9.17) is 0 Å². The Labute approximate surface area is 97.9 Å². The molecule has 0 bridgehead atoms. The van der Waals surface area contributed by atoms with Crippen molar-refractivity contribution in [1.82, 2.24) is 9.88 Å². The van der Waals surface area contributed by atoms with Gasteiger partial charge in [-0.3, -0.25) is 4.98 Å². The van der Waals surface area contributed by atoms with Crippen molar-refractivity contribution in [1.29, 1.82) is 0 Å². The van der Waals surface area contributed by atoms with Crippen molar-refractivity contribution < 1.29 is 0 Å². The predicted molar refractivity (Wildman–Crippen MR) is 67.7 cm³/mol. The second-order valence-corrected chi connectivity index (χ2v) is 4.76. The molecule has 3 heteroatoms. The number of hydrogen-bond acceptors (Lipinski definition) is 3. The monoisotopic (exact) mass is 219 g/mol. The van der Waals surface area contributed by atoms with Gasteiger partial charge in [-0.15, -0.1) is 0 Å². The molecule has 1 aromatic rings. The molecule has 0 amide bonds. The molecule has 1 aromatic heterocycles. The van der Waals surface area contributed by atoms with Gasteiger partial charge in [0.25, 0.3) is 0 Å². The van der Waals surface area contributed by atoms with Gasteiger partial charge in [-0.2, -0.15) is 0 Å². The van der Waals surface area contributed by atoms with E-state index < -0.39 is 0 Å². The minimum Gasteiger partial charge on any atom is -0.383 e. The highest BCUT2D eigenvalue weighted by molar-refractivity contribution is 5.46. The number of rotatable bonds is 3. The highest BCUT2D eigenvalue weighted by atomic mass is 15.1. The summed E-state index contributed by atoms with van der Waals surface area (Å²) in [5.74, 6) is 0.816. The second-order valence-electron chi connectivity index (χ2n) is 4.76. The first kappa shape index (κ1) is 11.4. The summed E-state index contributed by atoms with van der Waals surface area (Å²) in [6, 6.07) is 4.10. The molecule has 0 atom stereocenters. The quantitative estimate of drug-likeness (QED) is 0.844. The maximum Gasteiger partial charge on any atom is 0.0603 e. The summed E-state index contributed by atoms with van der Waals surface area (Å²) in [6.45, 7) is 5.61. The first-order valence-electron chi connectivity index (χ1n) is 6.10. The predicted octanol–water partition coefficient (Wildman–Crippen LogP) is 2.14. The van der Waals surface area contributed by atoms with Crippen molar-refractivity contribution in [3.8, 4) is 0 Å². The van der Waals surface area contributed by atoms with Crippen LogP contribution in [0.25, 0.3) is 0 Å². The number of nitrogens with one attached hydrogen (secondary N) is 1. The summed E-state index contributed by atoms with van der Waals surface area (Å²) in [7, 11) is 2.20. The van der Waals surface area contributed by atoms with Crippen molar-refractivity contribution >= 4 is 5.69 Å². The second kappa shape index (κ2) is 5.30. The fourth-order valence-corrected chi connectivity index (χ4v) is 2.19. The number of piperidine rings is 1. The van der Waals surface area contributed by atoms with Gasteiger partial charge in [-0.1, -0.05) is 0 Å². The number of aryl methyl sites for hydroxylation is 1. The van der Waals surface area contributed by atoms with Gasteiger partial charge < -0.3 is 10.2 Å². The van der Waals surface area contributed by atoms with Crippen LogP contribution >= 0.6 is 0 Å². The molecule has 0 spiro atoms. The molecular weight excluding hydrogens is 198 g/mol. The third kappa shape index (κ3) is 2.95. The highest BCUT2D eigenvalue weighted by Crippen LogP contribution is 2.18. The summed E-state index contributed by atoms with van der Waals surface area (Å²) in [4.78, 5) is 6.69. The number of pyridine rings is 1. The molecule has 2 rings (SSSR count). The van der Waals surface area contributed by atoms with E-state index >= 15 is 0 Å². The van der Waals surface area contributed by atoms with Gasteiger partial charge >= 0.3 is 0 Å². The molecule has 1 aliphatic rings. The molecule has 1 aliphatic heterocycles. The minimum absolute atomic E-state index is 0.816. The molecule has 2 heterocycles. The normalized spacial score (nSPS) is 18.6. The van der Waals surface area contributed by atoms with Gasteiger partial charge in [0.05, 0.1) is 11.4 Å². The average molecular weight is 219 g/mol. The fourth-order valence-electron chi connectivity index (χ4n) is 2.19. The van der Waals surface area contributed by atoms with Crippen molar-refractivity contribution in [2.45, 2.75) is 19.8 Å². The van der Waals surface area contributed by atoms with Crippen LogP contribution in [-0.2, 0) is 0 Å². The summed E-state index contributed by atoms with van der Waals surface area (Å²) >= 11 is 0. The lowest BCUT2D eigenvalue weighted by Gasteiger charge is -2.29. The van der Waals surface area contributed by atoms with E-state index in [1.165, 1.54) is 31.6 Å². The highest BCUT2D eigenvalue weighted by Gasteiger charge is 2.16. The van der Waals surface area contributed by atoms with Crippen LogP contribution in [0.1, 0.15) is 18.5 Å². The van der Waals surface area contributed by atoms with Crippen LogP contribution in [-0.4, -0.2) is 36.6 Å². The lowest BCUT2D eigenvalue weighted by atomic mass is 9.97. The molecule has 3 nitrogen and oxygen atoms in total. The van der Waals surface area contributed by atoms with Crippen LogP contribution in [0.15, 0.2) is 18.3 Å². The first-order valence-corrected chi connectivity index (χ1v) is 6.10. The summed E-state index contributed by atoms with van der Waals surface area (Å²) in [6.07, 6.45) is 4.46. The Morgan fingerprint density at radius 1 is 1.44 bits per heavy atom. The van der Waals surface area contributed by atoms with Gasteiger partial charge in [-0.05, 0) is 58.0 Å². The molecule has 88 valence electrons. The third-order valence-corrected chi connectivity index (χ3v) is 3.43. The summed E-state index contributed by atoms with van der Waals surface area (Å²) in [5.41, 5.74) is 2.27. The van der Waals surface area contributed by atoms with Crippen LogP contribution in [0.4, 0.5) is 5.69 Å². The number of aromatic nitrogens is 1. The largest absolute Gasteiger partial charge is 0.383 e. The average Bonchev–Trinajstić information content (AvgIpc) is 2.30. The zero-order valence-corrected chi connectivity index (χ0v) is 10.2. The lowest BCUT2D eigenvalue weighted by Crippen LogP contribution is -2.33. The zero-order valence-electron chi connectivity index (χ0n) is 10.2. The van der Waals surface area contributed by atoms with Crippen LogP contribution in [0.3, 0.4) is 0 Å². The Kier molecular flexibility index (Phi) is 3.78. The van der Waals surface area contributed by atoms with E-state index in [1.807, 2.05) is 12.3 Å². The molecule has 0 radical (unpaired) electrons. The zero-order chi connectivity index (χ0) is 11.4. The van der Waals surface area contributed by atoms with Crippen LogP contribution in [0.2, 0.25) is 0 Å². The van der Waals surface area contributed by atoms with Crippen LogP contribution < -0.4 is 5.32 Å². The van der Waals surface area contributed by atoms with E-state index in [2.05, 4.69) is 35.2 Å². The molecule has 1 saturated heterocycles. The smallest absolute Gasteiger partial charge is 0.0603 e. The maximum atomic E-state index is 4.28. The van der Waals surface area contributed by atoms with Gasteiger partial charge in [0.1, 0.15) is 0 Å². The molecule has 1 N–H and O–H groups in total. The number of hydrogen-bond donors (Lipinski definition) is 1. The summed E-state index contributed by atoms with van der Waals surface area (Å²) < 4.78 is 0. The molecular formula is C13H21N3.